The highest BCUT2D eigenvalue weighted by Gasteiger charge is 2.22. The summed E-state index contributed by atoms with van der Waals surface area (Å²) in [6.45, 7) is 3.15. The van der Waals surface area contributed by atoms with Crippen LogP contribution in [-0.4, -0.2) is 38.9 Å². The van der Waals surface area contributed by atoms with Crippen LogP contribution in [0.4, 0.5) is 5.69 Å². The number of aryl methyl sites for hydroxylation is 1. The van der Waals surface area contributed by atoms with Crippen molar-refractivity contribution >= 4 is 55.1 Å². The van der Waals surface area contributed by atoms with Crippen LogP contribution in [0.3, 0.4) is 0 Å². The number of benzene rings is 1. The summed E-state index contributed by atoms with van der Waals surface area (Å²) in [5, 5.41) is 4.29. The second-order valence-corrected chi connectivity index (χ2v) is 9.73. The van der Waals surface area contributed by atoms with E-state index in [1.54, 1.807) is 10.8 Å². The summed E-state index contributed by atoms with van der Waals surface area (Å²) >= 11 is 2.63. The summed E-state index contributed by atoms with van der Waals surface area (Å²) in [6, 6.07) is 11.4. The van der Waals surface area contributed by atoms with Crippen molar-refractivity contribution in [1.29, 1.82) is 0 Å². The highest BCUT2D eigenvalue weighted by Crippen LogP contribution is 2.31. The zero-order valence-electron chi connectivity index (χ0n) is 17.5. The molecular weight excluding hydrogens is 444 g/mol. The Morgan fingerprint density at radius 2 is 2.16 bits per heavy atom. The van der Waals surface area contributed by atoms with E-state index in [1.165, 1.54) is 23.1 Å². The van der Waals surface area contributed by atoms with Crippen LogP contribution >= 0.6 is 23.1 Å². The first-order chi connectivity index (χ1) is 15.6. The molecule has 1 atom stereocenters. The first-order valence-corrected chi connectivity index (χ1v) is 12.3. The number of nitrogens with zero attached hydrogens (tertiary/aromatic N) is 3. The van der Waals surface area contributed by atoms with E-state index in [2.05, 4.69) is 10.3 Å². The van der Waals surface area contributed by atoms with Gasteiger partial charge in [-0.15, -0.1) is 11.3 Å². The smallest absolute Gasteiger partial charge is 0.272 e. The lowest BCUT2D eigenvalue weighted by Crippen LogP contribution is -2.28. The Balaban J connectivity index is 1.46. The predicted molar refractivity (Wildman–Crippen MR) is 129 cm³/mol. The Hall–Kier alpha value is -2.75. The van der Waals surface area contributed by atoms with Gasteiger partial charge in [0.15, 0.2) is 5.16 Å². The summed E-state index contributed by atoms with van der Waals surface area (Å²) in [7, 11) is 0. The highest BCUT2D eigenvalue weighted by molar-refractivity contribution is 7.99. The first kappa shape index (κ1) is 21.1. The molecule has 4 aromatic rings. The molecule has 5 rings (SSSR count). The second-order valence-electron chi connectivity index (χ2n) is 7.78. The number of carbonyl (C=O) groups is 1. The van der Waals surface area contributed by atoms with Crippen molar-refractivity contribution in [3.05, 3.63) is 58.5 Å². The number of thioether (sulfide) groups is 1. The molecule has 0 bridgehead atoms. The molecule has 4 heterocycles. The summed E-state index contributed by atoms with van der Waals surface area (Å²) in [6.07, 6.45) is 3.60. The predicted octanol–water partition coefficient (Wildman–Crippen LogP) is 4.22. The second kappa shape index (κ2) is 9.01. The number of thiophene rings is 1. The van der Waals surface area contributed by atoms with Crippen molar-refractivity contribution in [2.45, 2.75) is 37.6 Å². The maximum Gasteiger partial charge on any atom is 0.272 e. The molecule has 1 saturated heterocycles. The molecule has 1 aromatic carbocycles. The SMILES string of the molecule is Cc1ccc(NC(=O)CSc2nc3c(sc4ncccc43)c(=O)n2C[C@H]2CCCO2)cc1. The number of rotatable bonds is 6. The average molecular weight is 467 g/mol. The average Bonchev–Trinajstić information content (AvgIpc) is 3.44. The number of carbonyl (C=O) groups excluding carboxylic acids is 1. The van der Waals surface area contributed by atoms with Crippen molar-refractivity contribution in [2.75, 3.05) is 17.7 Å². The third-order valence-corrected chi connectivity index (χ3v) is 7.46. The quantitative estimate of drug-likeness (QED) is 0.338. The number of hydrogen-bond donors (Lipinski definition) is 1. The molecule has 1 aliphatic rings. The minimum atomic E-state index is -0.145. The Morgan fingerprint density at radius 3 is 2.94 bits per heavy atom. The monoisotopic (exact) mass is 466 g/mol. The minimum Gasteiger partial charge on any atom is -0.376 e. The lowest BCUT2D eigenvalue weighted by molar-refractivity contribution is -0.113. The molecule has 0 saturated carbocycles. The Morgan fingerprint density at radius 1 is 1.31 bits per heavy atom. The fourth-order valence-corrected chi connectivity index (χ4v) is 5.60. The van der Waals surface area contributed by atoms with E-state index in [1.807, 2.05) is 43.3 Å². The van der Waals surface area contributed by atoms with E-state index in [4.69, 9.17) is 9.72 Å². The van der Waals surface area contributed by atoms with Gasteiger partial charge in [-0.05, 0) is 44.0 Å². The molecule has 0 aliphatic carbocycles. The molecule has 1 fully saturated rings. The summed E-state index contributed by atoms with van der Waals surface area (Å²) < 4.78 is 8.02. The fourth-order valence-electron chi connectivity index (χ4n) is 3.77. The zero-order chi connectivity index (χ0) is 22.1. The Bertz CT molecular complexity index is 1340. The van der Waals surface area contributed by atoms with Gasteiger partial charge in [0.25, 0.3) is 5.56 Å². The normalized spacial score (nSPS) is 16.1. The number of anilines is 1. The molecule has 32 heavy (non-hydrogen) atoms. The van der Waals surface area contributed by atoms with Gasteiger partial charge in [-0.2, -0.15) is 0 Å². The Labute approximate surface area is 192 Å². The largest absolute Gasteiger partial charge is 0.376 e. The van der Waals surface area contributed by atoms with Crippen LogP contribution in [0, 0.1) is 6.92 Å². The number of aromatic nitrogens is 3. The Kier molecular flexibility index (Phi) is 5.95. The standard InChI is InChI=1S/C23H22N4O3S2/c1-14-6-8-15(9-7-14)25-18(28)13-31-23-26-19-17-5-2-10-24-21(17)32-20(19)22(29)27(23)12-16-4-3-11-30-16/h2,5-10,16H,3-4,11-13H2,1H3,(H,25,28)/t16-/m1/s1. The van der Waals surface area contributed by atoms with Gasteiger partial charge >= 0.3 is 0 Å². The van der Waals surface area contributed by atoms with Crippen molar-refractivity contribution in [3.8, 4) is 0 Å². The van der Waals surface area contributed by atoms with Crippen LogP contribution in [0.1, 0.15) is 18.4 Å². The van der Waals surface area contributed by atoms with Crippen LogP contribution in [0.25, 0.3) is 20.4 Å². The van der Waals surface area contributed by atoms with Gasteiger partial charge in [-0.1, -0.05) is 29.5 Å². The zero-order valence-corrected chi connectivity index (χ0v) is 19.2. The lowest BCUT2D eigenvalue weighted by atomic mass is 10.2. The molecule has 9 heteroatoms. The molecule has 3 aromatic heterocycles. The number of ether oxygens (including phenoxy) is 1. The van der Waals surface area contributed by atoms with Gasteiger partial charge in [-0.25, -0.2) is 9.97 Å². The molecule has 7 nitrogen and oxygen atoms in total. The first-order valence-electron chi connectivity index (χ1n) is 10.5. The van der Waals surface area contributed by atoms with E-state index in [9.17, 15) is 9.59 Å². The van der Waals surface area contributed by atoms with Crippen molar-refractivity contribution in [1.82, 2.24) is 14.5 Å². The number of nitrogens with one attached hydrogen (secondary N) is 1. The van der Waals surface area contributed by atoms with Gasteiger partial charge < -0.3 is 10.1 Å². The number of amides is 1. The topological polar surface area (TPSA) is 86.1 Å². The van der Waals surface area contributed by atoms with Crippen LogP contribution in [0.5, 0.6) is 0 Å². The maximum atomic E-state index is 13.4. The maximum absolute atomic E-state index is 13.4. The molecule has 1 N–H and O–H groups in total. The van der Waals surface area contributed by atoms with E-state index < -0.39 is 0 Å². The number of pyridine rings is 1. The fraction of sp³-hybridized carbons (Fsp3) is 0.304. The molecule has 1 aliphatic heterocycles. The molecular formula is C23H22N4O3S2. The van der Waals surface area contributed by atoms with E-state index in [-0.39, 0.29) is 23.3 Å². The number of hydrogen-bond acceptors (Lipinski definition) is 7. The molecule has 0 unspecified atom stereocenters. The van der Waals surface area contributed by atoms with E-state index in [0.717, 1.165) is 34.3 Å². The van der Waals surface area contributed by atoms with Gasteiger partial charge in [0.1, 0.15) is 9.53 Å². The van der Waals surface area contributed by atoms with Crippen LogP contribution in [0.2, 0.25) is 0 Å². The van der Waals surface area contributed by atoms with Crippen molar-refractivity contribution in [3.63, 3.8) is 0 Å². The third-order valence-electron chi connectivity index (χ3n) is 5.40. The highest BCUT2D eigenvalue weighted by atomic mass is 32.2. The molecule has 0 spiro atoms. The molecule has 164 valence electrons. The minimum absolute atomic E-state index is 0.0137. The lowest BCUT2D eigenvalue weighted by Gasteiger charge is -2.15. The molecule has 1 amide bonds. The van der Waals surface area contributed by atoms with Crippen LogP contribution in [-0.2, 0) is 16.1 Å². The van der Waals surface area contributed by atoms with E-state index >= 15 is 0 Å². The van der Waals surface area contributed by atoms with Crippen LogP contribution < -0.4 is 10.9 Å². The summed E-state index contributed by atoms with van der Waals surface area (Å²) in [4.78, 5) is 36.0. The summed E-state index contributed by atoms with van der Waals surface area (Å²) in [5.74, 6) is 0.00575. The third kappa shape index (κ3) is 4.28. The summed E-state index contributed by atoms with van der Waals surface area (Å²) in [5.41, 5.74) is 2.42. The number of fused-ring (bicyclic) bond motifs is 3. The van der Waals surface area contributed by atoms with Gasteiger partial charge in [0, 0.05) is 23.9 Å². The van der Waals surface area contributed by atoms with Crippen LogP contribution in [0.15, 0.2) is 52.5 Å². The molecule has 0 radical (unpaired) electrons. The van der Waals surface area contributed by atoms with Gasteiger partial charge in [0.05, 0.1) is 23.9 Å². The van der Waals surface area contributed by atoms with Gasteiger partial charge in [0.2, 0.25) is 5.91 Å². The van der Waals surface area contributed by atoms with Crippen molar-refractivity contribution < 1.29 is 9.53 Å². The van der Waals surface area contributed by atoms with Gasteiger partial charge in [-0.3, -0.25) is 14.2 Å². The van der Waals surface area contributed by atoms with E-state index in [0.29, 0.717) is 28.5 Å². The van der Waals surface area contributed by atoms with Crippen molar-refractivity contribution in [2.24, 2.45) is 0 Å².